The lowest BCUT2D eigenvalue weighted by atomic mass is 10.1. The van der Waals surface area contributed by atoms with E-state index in [0.717, 1.165) is 22.9 Å². The van der Waals surface area contributed by atoms with Crippen molar-refractivity contribution in [2.75, 3.05) is 11.4 Å². The molecule has 27 heavy (non-hydrogen) atoms. The zero-order valence-corrected chi connectivity index (χ0v) is 15.5. The number of carbonyl (C=O) groups is 1. The summed E-state index contributed by atoms with van der Waals surface area (Å²) in [5.41, 5.74) is 1.04. The molecule has 0 saturated carbocycles. The molecule has 0 aliphatic heterocycles. The second kappa shape index (κ2) is 7.99. The maximum Gasteiger partial charge on any atom is 0.270 e. The van der Waals surface area contributed by atoms with Gasteiger partial charge in [0.15, 0.2) is 0 Å². The summed E-state index contributed by atoms with van der Waals surface area (Å²) in [4.78, 5) is 25.5. The smallest absolute Gasteiger partial charge is 0.270 e. The van der Waals surface area contributed by atoms with Gasteiger partial charge in [0.2, 0.25) is 0 Å². The van der Waals surface area contributed by atoms with Crippen LogP contribution < -0.4 is 4.90 Å². The molecule has 0 radical (unpaired) electrons. The molecule has 0 bridgehead atoms. The lowest BCUT2D eigenvalue weighted by Crippen LogP contribution is -2.32. The molecule has 0 saturated heterocycles. The van der Waals surface area contributed by atoms with Crippen LogP contribution in [0.1, 0.15) is 30.6 Å². The highest BCUT2D eigenvalue weighted by Gasteiger charge is 2.20. The molecule has 0 N–H and O–H groups in total. The minimum Gasteiger partial charge on any atom is -0.308 e. The molecule has 5 heteroatoms. The molecule has 0 aliphatic carbocycles. The highest BCUT2D eigenvalue weighted by Crippen LogP contribution is 2.25. The summed E-state index contributed by atoms with van der Waals surface area (Å²) in [6, 6.07) is 19.8. The first-order valence-corrected chi connectivity index (χ1v) is 9.01. The number of carbonyl (C=O) groups excluding carboxylic acids is 1. The first kappa shape index (κ1) is 18.6. The normalized spacial score (nSPS) is 10.9. The maximum atomic E-state index is 13.2. The van der Waals surface area contributed by atoms with Gasteiger partial charge in [-0.25, -0.2) is 0 Å². The van der Waals surface area contributed by atoms with E-state index < -0.39 is 4.92 Å². The van der Waals surface area contributed by atoms with Crippen LogP contribution in [0, 0.1) is 16.0 Å². The molecule has 0 heterocycles. The Morgan fingerprint density at radius 1 is 1.00 bits per heavy atom. The molecule has 0 unspecified atom stereocenters. The predicted molar refractivity (Wildman–Crippen MR) is 108 cm³/mol. The highest BCUT2D eigenvalue weighted by atomic mass is 16.6. The highest BCUT2D eigenvalue weighted by molar-refractivity contribution is 6.07. The molecule has 0 aliphatic rings. The van der Waals surface area contributed by atoms with Gasteiger partial charge in [0.1, 0.15) is 0 Å². The zero-order chi connectivity index (χ0) is 19.4. The third kappa shape index (κ3) is 4.31. The Kier molecular flexibility index (Phi) is 5.50. The fraction of sp³-hybridized carbons (Fsp3) is 0.227. The van der Waals surface area contributed by atoms with Crippen molar-refractivity contribution in [1.29, 1.82) is 0 Å². The van der Waals surface area contributed by atoms with E-state index in [9.17, 15) is 14.9 Å². The van der Waals surface area contributed by atoms with Crippen LogP contribution in [0.4, 0.5) is 11.4 Å². The summed E-state index contributed by atoms with van der Waals surface area (Å²) in [5, 5.41) is 13.2. The molecule has 1 amide bonds. The molecule has 138 valence electrons. The topological polar surface area (TPSA) is 63.5 Å². The number of anilines is 1. The molecule has 3 rings (SSSR count). The van der Waals surface area contributed by atoms with Gasteiger partial charge < -0.3 is 4.90 Å². The van der Waals surface area contributed by atoms with Crippen LogP contribution in [-0.4, -0.2) is 17.4 Å². The van der Waals surface area contributed by atoms with Crippen molar-refractivity contribution < 1.29 is 9.72 Å². The van der Waals surface area contributed by atoms with E-state index in [1.54, 1.807) is 17.0 Å². The fourth-order valence-electron chi connectivity index (χ4n) is 2.99. The van der Waals surface area contributed by atoms with Crippen molar-refractivity contribution >= 4 is 28.1 Å². The molecule has 0 atom stereocenters. The first-order chi connectivity index (χ1) is 13.0. The number of hydrogen-bond donors (Lipinski definition) is 0. The minimum absolute atomic E-state index is 0.0804. The third-order valence-electron chi connectivity index (χ3n) is 4.52. The third-order valence-corrected chi connectivity index (χ3v) is 4.52. The number of benzene rings is 3. The summed E-state index contributed by atoms with van der Waals surface area (Å²) in [5.74, 6) is 0.209. The van der Waals surface area contributed by atoms with Crippen molar-refractivity contribution in [2.45, 2.75) is 20.3 Å². The quantitative estimate of drug-likeness (QED) is 0.433. The van der Waals surface area contributed by atoms with Crippen LogP contribution in [0.3, 0.4) is 0 Å². The Labute approximate surface area is 158 Å². The van der Waals surface area contributed by atoms with Crippen molar-refractivity contribution in [2.24, 2.45) is 5.92 Å². The summed E-state index contributed by atoms with van der Waals surface area (Å²) in [6.07, 6.45) is 0.841. The summed E-state index contributed by atoms with van der Waals surface area (Å²) < 4.78 is 0. The molecule has 0 fully saturated rings. The Morgan fingerprint density at radius 3 is 2.44 bits per heavy atom. The molecular formula is C22H22N2O3. The largest absolute Gasteiger partial charge is 0.308 e. The number of rotatable bonds is 6. The number of hydrogen-bond acceptors (Lipinski definition) is 3. The van der Waals surface area contributed by atoms with Gasteiger partial charge in [-0.15, -0.1) is 0 Å². The van der Waals surface area contributed by atoms with Gasteiger partial charge in [0, 0.05) is 29.9 Å². The van der Waals surface area contributed by atoms with Gasteiger partial charge in [0.25, 0.3) is 11.6 Å². The monoisotopic (exact) mass is 362 g/mol. The van der Waals surface area contributed by atoms with Gasteiger partial charge in [-0.1, -0.05) is 50.2 Å². The first-order valence-electron chi connectivity index (χ1n) is 9.01. The van der Waals surface area contributed by atoms with Gasteiger partial charge in [-0.05, 0) is 41.3 Å². The number of nitro benzene ring substituents is 1. The number of nitrogens with zero attached hydrogens (tertiary/aromatic N) is 2. The summed E-state index contributed by atoms with van der Waals surface area (Å²) >= 11 is 0. The average molecular weight is 362 g/mol. The van der Waals surface area contributed by atoms with Crippen molar-refractivity contribution in [3.05, 3.63) is 82.4 Å². The Hall–Kier alpha value is -3.21. The molecule has 3 aromatic rings. The van der Waals surface area contributed by atoms with E-state index in [-0.39, 0.29) is 11.6 Å². The standard InChI is InChI=1S/C22H22N2O3/c1-16(2)12-13-23(20-11-10-17-6-3-4-7-18(17)14-20)22(25)19-8-5-9-21(15-19)24(26)27/h3-11,14-16H,12-13H2,1-2H3. The second-order valence-electron chi connectivity index (χ2n) is 6.98. The molecule has 5 nitrogen and oxygen atoms in total. The van der Waals surface area contributed by atoms with E-state index in [1.807, 2.05) is 42.5 Å². The van der Waals surface area contributed by atoms with Crippen molar-refractivity contribution in [3.8, 4) is 0 Å². The number of amides is 1. The van der Waals surface area contributed by atoms with Crippen LogP contribution in [0.25, 0.3) is 10.8 Å². The van der Waals surface area contributed by atoms with E-state index in [2.05, 4.69) is 13.8 Å². The minimum atomic E-state index is -0.481. The maximum absolute atomic E-state index is 13.2. The molecule has 0 aromatic heterocycles. The number of nitro groups is 1. The van der Waals surface area contributed by atoms with Gasteiger partial charge >= 0.3 is 0 Å². The average Bonchev–Trinajstić information content (AvgIpc) is 2.67. The van der Waals surface area contributed by atoms with E-state index in [0.29, 0.717) is 18.0 Å². The fourth-order valence-corrected chi connectivity index (χ4v) is 2.99. The zero-order valence-electron chi connectivity index (χ0n) is 15.5. The summed E-state index contributed by atoms with van der Waals surface area (Å²) in [7, 11) is 0. The van der Waals surface area contributed by atoms with Gasteiger partial charge in [0.05, 0.1) is 4.92 Å². The van der Waals surface area contributed by atoms with Gasteiger partial charge in [-0.2, -0.15) is 0 Å². The van der Waals surface area contributed by atoms with Crippen LogP contribution in [-0.2, 0) is 0 Å². The SMILES string of the molecule is CC(C)CCN(C(=O)c1cccc([N+](=O)[O-])c1)c1ccc2ccccc2c1. The predicted octanol–water partition coefficient (Wildman–Crippen LogP) is 5.44. The van der Waals surface area contributed by atoms with E-state index >= 15 is 0 Å². The van der Waals surface area contributed by atoms with Crippen molar-refractivity contribution in [1.82, 2.24) is 0 Å². The second-order valence-corrected chi connectivity index (χ2v) is 6.98. The van der Waals surface area contributed by atoms with Crippen molar-refractivity contribution in [3.63, 3.8) is 0 Å². The van der Waals surface area contributed by atoms with E-state index in [4.69, 9.17) is 0 Å². The Balaban J connectivity index is 2.00. The Bertz CT molecular complexity index is 982. The molecular weight excluding hydrogens is 340 g/mol. The lowest BCUT2D eigenvalue weighted by molar-refractivity contribution is -0.384. The number of non-ortho nitro benzene ring substituents is 1. The van der Waals surface area contributed by atoms with Crippen LogP contribution in [0.15, 0.2) is 66.7 Å². The van der Waals surface area contributed by atoms with Crippen LogP contribution in [0.5, 0.6) is 0 Å². The number of fused-ring (bicyclic) bond motifs is 1. The Morgan fingerprint density at radius 2 is 1.74 bits per heavy atom. The lowest BCUT2D eigenvalue weighted by Gasteiger charge is -2.24. The van der Waals surface area contributed by atoms with E-state index in [1.165, 1.54) is 12.1 Å². The van der Waals surface area contributed by atoms with Gasteiger partial charge in [-0.3, -0.25) is 14.9 Å². The summed E-state index contributed by atoms with van der Waals surface area (Å²) in [6.45, 7) is 4.77. The van der Waals surface area contributed by atoms with Crippen LogP contribution in [0.2, 0.25) is 0 Å². The molecule has 0 spiro atoms. The van der Waals surface area contributed by atoms with Crippen LogP contribution >= 0.6 is 0 Å². The molecule has 3 aromatic carbocycles.